The lowest BCUT2D eigenvalue weighted by Crippen LogP contribution is -2.30. The third kappa shape index (κ3) is 4.63. The minimum absolute atomic E-state index is 0.0897. The molecule has 0 aliphatic rings. The number of aromatic nitrogens is 2. The number of nitrogens with zero attached hydrogens (tertiary/aromatic N) is 3. The van der Waals surface area contributed by atoms with Crippen LogP contribution in [0.2, 0.25) is 0 Å². The number of aliphatic hydroxyl groups excluding tert-OH is 1. The van der Waals surface area contributed by atoms with Gasteiger partial charge >= 0.3 is 0 Å². The Hall–Kier alpha value is -1.76. The van der Waals surface area contributed by atoms with Crippen molar-refractivity contribution in [3.63, 3.8) is 0 Å². The molecule has 114 valence electrons. The fraction of sp³-hybridized carbons (Fsp3) is 0.467. The second-order valence-corrected chi connectivity index (χ2v) is 4.87. The Morgan fingerprint density at radius 1 is 1.24 bits per heavy atom. The van der Waals surface area contributed by atoms with Gasteiger partial charge in [0.2, 0.25) is 0 Å². The van der Waals surface area contributed by atoms with E-state index in [-0.39, 0.29) is 6.61 Å². The van der Waals surface area contributed by atoms with Crippen LogP contribution in [0.25, 0.3) is 11.5 Å². The third-order valence-corrected chi connectivity index (χ3v) is 3.16. The van der Waals surface area contributed by atoms with Gasteiger partial charge in [0.05, 0.1) is 19.8 Å². The van der Waals surface area contributed by atoms with E-state index < -0.39 is 0 Å². The molecule has 2 aromatic rings. The van der Waals surface area contributed by atoms with Crippen LogP contribution in [0.15, 0.2) is 28.8 Å². The van der Waals surface area contributed by atoms with Crippen LogP contribution in [0.4, 0.5) is 0 Å². The Morgan fingerprint density at radius 3 is 2.67 bits per heavy atom. The van der Waals surface area contributed by atoms with E-state index in [9.17, 15) is 0 Å². The Kier molecular flexibility index (Phi) is 5.86. The average molecular weight is 291 g/mol. The van der Waals surface area contributed by atoms with Crippen molar-refractivity contribution in [2.45, 2.75) is 13.5 Å². The maximum atomic E-state index is 9.08. The van der Waals surface area contributed by atoms with Gasteiger partial charge < -0.3 is 14.4 Å². The van der Waals surface area contributed by atoms with Crippen LogP contribution < -0.4 is 0 Å². The number of benzene rings is 1. The first-order valence-electron chi connectivity index (χ1n) is 6.94. The van der Waals surface area contributed by atoms with Gasteiger partial charge in [0.1, 0.15) is 0 Å². The number of hydrogen-bond donors (Lipinski definition) is 1. The lowest BCUT2D eigenvalue weighted by molar-refractivity contribution is 0.124. The van der Waals surface area contributed by atoms with Crippen LogP contribution in [-0.2, 0) is 11.3 Å². The molecule has 0 amide bonds. The van der Waals surface area contributed by atoms with E-state index in [0.717, 1.165) is 5.56 Å². The van der Waals surface area contributed by atoms with Crippen LogP contribution >= 0.6 is 0 Å². The number of aryl methyl sites for hydroxylation is 1. The molecule has 1 N–H and O–H groups in total. The Balaban J connectivity index is 2.02. The van der Waals surface area contributed by atoms with Gasteiger partial charge in [0.25, 0.3) is 5.89 Å². The highest BCUT2D eigenvalue weighted by Crippen LogP contribution is 2.17. The summed E-state index contributed by atoms with van der Waals surface area (Å²) in [7, 11) is 1.65. The topological polar surface area (TPSA) is 71.6 Å². The second kappa shape index (κ2) is 7.87. The molecule has 0 bridgehead atoms. The van der Waals surface area contributed by atoms with E-state index in [2.05, 4.69) is 10.1 Å². The lowest BCUT2D eigenvalue weighted by Gasteiger charge is -2.18. The van der Waals surface area contributed by atoms with E-state index in [1.165, 1.54) is 5.56 Å². The quantitative estimate of drug-likeness (QED) is 0.794. The highest BCUT2D eigenvalue weighted by Gasteiger charge is 2.12. The molecular weight excluding hydrogens is 270 g/mol. The highest BCUT2D eigenvalue weighted by molar-refractivity contribution is 5.53. The fourth-order valence-corrected chi connectivity index (χ4v) is 1.96. The van der Waals surface area contributed by atoms with Gasteiger partial charge in [-0.3, -0.25) is 4.90 Å². The molecule has 1 aromatic heterocycles. The number of rotatable bonds is 8. The summed E-state index contributed by atoms with van der Waals surface area (Å²) in [6.07, 6.45) is 0. The van der Waals surface area contributed by atoms with Gasteiger partial charge in [-0.2, -0.15) is 4.98 Å². The van der Waals surface area contributed by atoms with Gasteiger partial charge in [-0.15, -0.1) is 0 Å². The van der Waals surface area contributed by atoms with E-state index in [1.54, 1.807) is 7.11 Å². The maximum absolute atomic E-state index is 9.08. The van der Waals surface area contributed by atoms with Gasteiger partial charge in [0, 0.05) is 25.8 Å². The van der Waals surface area contributed by atoms with Crippen LogP contribution in [0.5, 0.6) is 0 Å². The average Bonchev–Trinajstić information content (AvgIpc) is 2.94. The van der Waals surface area contributed by atoms with Crippen LogP contribution in [0.1, 0.15) is 11.4 Å². The maximum Gasteiger partial charge on any atom is 0.257 e. The zero-order valence-corrected chi connectivity index (χ0v) is 12.5. The first kappa shape index (κ1) is 15.6. The fourth-order valence-electron chi connectivity index (χ4n) is 1.96. The van der Waals surface area contributed by atoms with Crippen molar-refractivity contribution in [3.05, 3.63) is 35.7 Å². The monoisotopic (exact) mass is 291 g/mol. The molecule has 1 aromatic carbocycles. The lowest BCUT2D eigenvalue weighted by atomic mass is 10.1. The Bertz CT molecular complexity index is 539. The molecule has 0 fully saturated rings. The highest BCUT2D eigenvalue weighted by atomic mass is 16.5. The van der Waals surface area contributed by atoms with Crippen molar-refractivity contribution < 1.29 is 14.4 Å². The molecule has 0 saturated heterocycles. The van der Waals surface area contributed by atoms with Gasteiger partial charge in [-0.25, -0.2) is 0 Å². The summed E-state index contributed by atoms with van der Waals surface area (Å²) < 4.78 is 10.3. The summed E-state index contributed by atoms with van der Waals surface area (Å²) in [5.41, 5.74) is 2.09. The minimum atomic E-state index is 0.0897. The normalized spacial score (nSPS) is 11.2. The van der Waals surface area contributed by atoms with Crippen molar-refractivity contribution in [2.24, 2.45) is 0 Å². The van der Waals surface area contributed by atoms with Crippen LogP contribution in [0, 0.1) is 6.92 Å². The largest absolute Gasteiger partial charge is 0.395 e. The van der Waals surface area contributed by atoms with Gasteiger partial charge in [-0.1, -0.05) is 22.9 Å². The van der Waals surface area contributed by atoms with Crippen molar-refractivity contribution in [3.8, 4) is 11.5 Å². The molecule has 0 radical (unpaired) electrons. The summed E-state index contributed by atoms with van der Waals surface area (Å²) in [4.78, 5) is 6.42. The molecule has 0 atom stereocenters. The first-order chi connectivity index (χ1) is 10.2. The van der Waals surface area contributed by atoms with E-state index in [1.807, 2.05) is 36.1 Å². The molecule has 0 aliphatic carbocycles. The second-order valence-electron chi connectivity index (χ2n) is 4.87. The minimum Gasteiger partial charge on any atom is -0.395 e. The van der Waals surface area contributed by atoms with Gasteiger partial charge in [0.15, 0.2) is 5.82 Å². The number of ether oxygens (including phenoxy) is 1. The summed E-state index contributed by atoms with van der Waals surface area (Å²) in [6.45, 7) is 4.52. The first-order valence-corrected chi connectivity index (χ1v) is 6.94. The Morgan fingerprint density at radius 2 is 2.00 bits per heavy atom. The van der Waals surface area contributed by atoms with E-state index in [0.29, 0.717) is 38.0 Å². The zero-order valence-electron chi connectivity index (χ0n) is 12.5. The molecular formula is C15H21N3O3. The molecule has 0 spiro atoms. The predicted molar refractivity (Wildman–Crippen MR) is 78.7 cm³/mol. The molecule has 6 nitrogen and oxygen atoms in total. The Labute approximate surface area is 124 Å². The number of aliphatic hydroxyl groups is 1. The van der Waals surface area contributed by atoms with E-state index >= 15 is 0 Å². The van der Waals surface area contributed by atoms with Crippen LogP contribution in [-0.4, -0.2) is 53.6 Å². The summed E-state index contributed by atoms with van der Waals surface area (Å²) in [5, 5.41) is 13.1. The molecule has 21 heavy (non-hydrogen) atoms. The smallest absolute Gasteiger partial charge is 0.257 e. The summed E-state index contributed by atoms with van der Waals surface area (Å²) in [5.74, 6) is 1.12. The van der Waals surface area contributed by atoms with Crippen LogP contribution in [0.3, 0.4) is 0 Å². The van der Waals surface area contributed by atoms with Crippen molar-refractivity contribution in [1.29, 1.82) is 0 Å². The summed E-state index contributed by atoms with van der Waals surface area (Å²) >= 11 is 0. The zero-order chi connectivity index (χ0) is 15.1. The summed E-state index contributed by atoms with van der Waals surface area (Å²) in [6, 6.07) is 7.94. The van der Waals surface area contributed by atoms with E-state index in [4.69, 9.17) is 14.4 Å². The molecule has 1 heterocycles. The SMILES string of the molecule is COCCN(CCO)Cc1noc(-c2ccc(C)cc2)n1. The molecule has 0 saturated carbocycles. The molecule has 0 unspecified atom stereocenters. The van der Waals surface area contributed by atoms with Gasteiger partial charge in [-0.05, 0) is 19.1 Å². The van der Waals surface area contributed by atoms with Crippen molar-refractivity contribution >= 4 is 0 Å². The van der Waals surface area contributed by atoms with Crippen molar-refractivity contribution in [1.82, 2.24) is 15.0 Å². The number of hydrogen-bond acceptors (Lipinski definition) is 6. The molecule has 2 rings (SSSR count). The molecule has 6 heteroatoms. The number of methoxy groups -OCH3 is 1. The van der Waals surface area contributed by atoms with Crippen molar-refractivity contribution in [2.75, 3.05) is 33.4 Å². The standard InChI is InChI=1S/C15H21N3O3/c1-12-3-5-13(6-4-12)15-16-14(17-21-15)11-18(7-9-19)8-10-20-2/h3-6,19H,7-11H2,1-2H3. The third-order valence-electron chi connectivity index (χ3n) is 3.16. The molecule has 0 aliphatic heterocycles. The predicted octanol–water partition coefficient (Wildman–Crippen LogP) is 1.49.